The van der Waals surface area contributed by atoms with E-state index in [-0.39, 0.29) is 11.8 Å². The highest BCUT2D eigenvalue weighted by molar-refractivity contribution is 5.78. The smallest absolute Gasteiger partial charge is 0.307 e. The van der Waals surface area contributed by atoms with Crippen LogP contribution >= 0.6 is 0 Å². The highest BCUT2D eigenvalue weighted by Gasteiger charge is 2.59. The van der Waals surface area contributed by atoms with Gasteiger partial charge in [-0.1, -0.05) is 42.5 Å². The van der Waals surface area contributed by atoms with Crippen molar-refractivity contribution in [1.29, 1.82) is 0 Å². The van der Waals surface area contributed by atoms with Crippen LogP contribution in [0.2, 0.25) is 0 Å². The molecule has 0 radical (unpaired) electrons. The van der Waals surface area contributed by atoms with E-state index in [1.165, 1.54) is 38.9 Å². The molecule has 3 unspecified atom stereocenters. The van der Waals surface area contributed by atoms with Crippen molar-refractivity contribution in [2.75, 3.05) is 5.32 Å². The number of fused-ring (bicyclic) bond motifs is 3. The van der Waals surface area contributed by atoms with Gasteiger partial charge in [0, 0.05) is 18.2 Å². The van der Waals surface area contributed by atoms with E-state index in [4.69, 9.17) is 0 Å². The number of rotatable bonds is 5. The van der Waals surface area contributed by atoms with Crippen molar-refractivity contribution in [3.63, 3.8) is 0 Å². The van der Waals surface area contributed by atoms with Crippen LogP contribution in [0.3, 0.4) is 0 Å². The molecule has 0 aliphatic heterocycles. The SMILES string of the molecule is Cc1cccc(C)c1-c1cccc(CNc2ccc3c(c2)CC2C(C(=O)O)C32)c1. The summed E-state index contributed by atoms with van der Waals surface area (Å²) in [6, 6.07) is 21.6. The normalized spacial score (nSPS) is 21.4. The molecular formula is C26H25NO2. The van der Waals surface area contributed by atoms with Crippen molar-refractivity contribution in [2.24, 2.45) is 11.8 Å². The van der Waals surface area contributed by atoms with E-state index in [2.05, 4.69) is 79.8 Å². The van der Waals surface area contributed by atoms with Crippen LogP contribution in [0.4, 0.5) is 5.69 Å². The number of hydrogen-bond acceptors (Lipinski definition) is 2. The van der Waals surface area contributed by atoms with E-state index in [0.717, 1.165) is 18.7 Å². The number of nitrogens with one attached hydrogen (secondary N) is 1. The molecule has 3 atom stereocenters. The van der Waals surface area contributed by atoms with Gasteiger partial charge in [0.15, 0.2) is 0 Å². The summed E-state index contributed by atoms with van der Waals surface area (Å²) in [5.74, 6) is -0.247. The lowest BCUT2D eigenvalue weighted by molar-refractivity contribution is -0.139. The van der Waals surface area contributed by atoms with Gasteiger partial charge in [0.05, 0.1) is 5.92 Å². The van der Waals surface area contributed by atoms with Gasteiger partial charge in [-0.2, -0.15) is 0 Å². The molecule has 5 rings (SSSR count). The van der Waals surface area contributed by atoms with E-state index in [1.807, 2.05) is 0 Å². The number of aryl methyl sites for hydroxylation is 2. The number of aliphatic carboxylic acids is 1. The Kier molecular flexibility index (Phi) is 4.20. The predicted octanol–water partition coefficient (Wildman–Crippen LogP) is 5.55. The molecule has 0 aromatic heterocycles. The topological polar surface area (TPSA) is 49.3 Å². The Labute approximate surface area is 171 Å². The fourth-order valence-electron chi connectivity index (χ4n) is 5.17. The number of carboxylic acid groups (broad SMARTS) is 1. The minimum absolute atomic E-state index is 0.158. The van der Waals surface area contributed by atoms with E-state index in [9.17, 15) is 9.90 Å². The molecule has 1 saturated carbocycles. The molecule has 3 aromatic carbocycles. The monoisotopic (exact) mass is 383 g/mol. The zero-order valence-corrected chi connectivity index (χ0v) is 16.8. The van der Waals surface area contributed by atoms with Crippen molar-refractivity contribution < 1.29 is 9.90 Å². The Morgan fingerprint density at radius 1 is 1.03 bits per heavy atom. The molecule has 0 spiro atoms. The lowest BCUT2D eigenvalue weighted by atomic mass is 9.94. The fourth-order valence-corrected chi connectivity index (χ4v) is 5.17. The van der Waals surface area contributed by atoms with Crippen LogP contribution in [0.25, 0.3) is 11.1 Å². The first-order chi connectivity index (χ1) is 14.0. The lowest BCUT2D eigenvalue weighted by Crippen LogP contribution is -2.06. The summed E-state index contributed by atoms with van der Waals surface area (Å²) >= 11 is 0. The van der Waals surface area contributed by atoms with Crippen LogP contribution < -0.4 is 5.32 Å². The quantitative estimate of drug-likeness (QED) is 0.607. The standard InChI is InChI=1S/C26H25NO2/c1-15-5-3-6-16(2)23(15)18-8-4-7-17(11-18)14-27-20-9-10-21-19(12-20)13-22-24(21)25(22)26(28)29/h3-12,22,24-25,27H,13-14H2,1-2H3,(H,28,29). The maximum absolute atomic E-state index is 11.3. The van der Waals surface area contributed by atoms with Crippen molar-refractivity contribution in [3.05, 3.63) is 88.5 Å². The van der Waals surface area contributed by atoms with E-state index in [1.54, 1.807) is 0 Å². The molecular weight excluding hydrogens is 358 g/mol. The second-order valence-corrected chi connectivity index (χ2v) is 8.49. The van der Waals surface area contributed by atoms with Gasteiger partial charge in [-0.15, -0.1) is 0 Å². The van der Waals surface area contributed by atoms with Gasteiger partial charge in [-0.05, 0) is 83.3 Å². The Hall–Kier alpha value is -3.07. The second-order valence-electron chi connectivity index (χ2n) is 8.49. The molecule has 146 valence electrons. The first kappa shape index (κ1) is 18.0. The first-order valence-corrected chi connectivity index (χ1v) is 10.3. The van der Waals surface area contributed by atoms with Gasteiger partial charge in [-0.3, -0.25) is 4.79 Å². The van der Waals surface area contributed by atoms with Gasteiger partial charge < -0.3 is 10.4 Å². The first-order valence-electron chi connectivity index (χ1n) is 10.3. The minimum atomic E-state index is -0.642. The highest BCUT2D eigenvalue weighted by atomic mass is 16.4. The van der Waals surface area contributed by atoms with E-state index < -0.39 is 5.97 Å². The third-order valence-corrected chi connectivity index (χ3v) is 6.60. The van der Waals surface area contributed by atoms with Crippen molar-refractivity contribution in [3.8, 4) is 11.1 Å². The average Bonchev–Trinajstić information content (AvgIpc) is 3.29. The molecule has 3 heteroatoms. The molecule has 0 bridgehead atoms. The summed E-state index contributed by atoms with van der Waals surface area (Å²) in [6.45, 7) is 5.09. The Morgan fingerprint density at radius 2 is 1.79 bits per heavy atom. The maximum Gasteiger partial charge on any atom is 0.307 e. The molecule has 1 fully saturated rings. The molecule has 3 aromatic rings. The largest absolute Gasteiger partial charge is 0.481 e. The summed E-state index contributed by atoms with van der Waals surface area (Å²) in [4.78, 5) is 11.3. The Bertz CT molecular complexity index is 1100. The van der Waals surface area contributed by atoms with E-state index >= 15 is 0 Å². The van der Waals surface area contributed by atoms with Crippen LogP contribution in [0.1, 0.15) is 33.7 Å². The summed E-state index contributed by atoms with van der Waals surface area (Å²) in [7, 11) is 0. The van der Waals surface area contributed by atoms with Gasteiger partial charge in [0.1, 0.15) is 0 Å². The van der Waals surface area contributed by atoms with Crippen LogP contribution in [-0.2, 0) is 17.8 Å². The summed E-state index contributed by atoms with van der Waals surface area (Å²) in [5, 5.41) is 12.8. The van der Waals surface area contributed by atoms with Gasteiger partial charge in [0.25, 0.3) is 0 Å². The average molecular weight is 383 g/mol. The summed E-state index contributed by atoms with van der Waals surface area (Å²) < 4.78 is 0. The molecule has 29 heavy (non-hydrogen) atoms. The number of carboxylic acids is 1. The maximum atomic E-state index is 11.3. The molecule has 2 N–H and O–H groups in total. The number of hydrogen-bond donors (Lipinski definition) is 2. The minimum Gasteiger partial charge on any atom is -0.481 e. The zero-order chi connectivity index (χ0) is 20.1. The summed E-state index contributed by atoms with van der Waals surface area (Å²) in [5.41, 5.74) is 10.1. The molecule has 0 heterocycles. The van der Waals surface area contributed by atoms with Crippen molar-refractivity contribution >= 4 is 11.7 Å². The number of benzene rings is 3. The van der Waals surface area contributed by atoms with Crippen LogP contribution in [-0.4, -0.2) is 11.1 Å². The number of anilines is 1. The molecule has 0 saturated heterocycles. The second kappa shape index (κ2) is 6.77. The third kappa shape index (κ3) is 3.11. The van der Waals surface area contributed by atoms with Crippen molar-refractivity contribution in [2.45, 2.75) is 32.7 Å². The van der Waals surface area contributed by atoms with Crippen LogP contribution in [0.15, 0.2) is 60.7 Å². The van der Waals surface area contributed by atoms with Crippen LogP contribution in [0, 0.1) is 25.7 Å². The Morgan fingerprint density at radius 3 is 2.55 bits per heavy atom. The van der Waals surface area contributed by atoms with E-state index in [0.29, 0.717) is 5.92 Å². The molecule has 3 nitrogen and oxygen atoms in total. The van der Waals surface area contributed by atoms with Gasteiger partial charge in [0.2, 0.25) is 0 Å². The molecule has 0 amide bonds. The van der Waals surface area contributed by atoms with Gasteiger partial charge in [-0.25, -0.2) is 0 Å². The fraction of sp³-hybridized carbons (Fsp3) is 0.269. The Balaban J connectivity index is 1.31. The third-order valence-electron chi connectivity index (χ3n) is 6.60. The zero-order valence-electron chi connectivity index (χ0n) is 16.8. The molecule has 2 aliphatic carbocycles. The highest BCUT2D eigenvalue weighted by Crippen LogP contribution is 2.61. The number of carbonyl (C=O) groups is 1. The van der Waals surface area contributed by atoms with Crippen LogP contribution in [0.5, 0.6) is 0 Å². The van der Waals surface area contributed by atoms with Crippen molar-refractivity contribution in [1.82, 2.24) is 0 Å². The summed E-state index contributed by atoms with van der Waals surface area (Å²) in [6.07, 6.45) is 0.897. The molecule has 2 aliphatic rings. The lowest BCUT2D eigenvalue weighted by Gasteiger charge is -2.13. The predicted molar refractivity (Wildman–Crippen MR) is 116 cm³/mol. The van der Waals surface area contributed by atoms with Gasteiger partial charge >= 0.3 is 5.97 Å².